The number of amides is 2. The summed E-state index contributed by atoms with van der Waals surface area (Å²) >= 11 is 1.48. The van der Waals surface area contributed by atoms with Crippen molar-refractivity contribution in [2.75, 3.05) is 34.4 Å². The van der Waals surface area contributed by atoms with Crippen molar-refractivity contribution >= 4 is 52.7 Å². The third-order valence-corrected chi connectivity index (χ3v) is 7.08. The summed E-state index contributed by atoms with van der Waals surface area (Å²) in [4.78, 5) is 32.8. The molecule has 6 N–H and O–H groups in total. The summed E-state index contributed by atoms with van der Waals surface area (Å²) in [6.45, 7) is 2.43. The van der Waals surface area contributed by atoms with Gasteiger partial charge in [-0.1, -0.05) is 24.3 Å². The minimum atomic E-state index is -4.57. The van der Waals surface area contributed by atoms with Gasteiger partial charge in [0.1, 0.15) is 11.6 Å². The monoisotopic (exact) mass is 583 g/mol. The number of carbonyl (C=O) groups excluding carboxylic acids is 2. The van der Waals surface area contributed by atoms with E-state index >= 15 is 0 Å². The van der Waals surface area contributed by atoms with Crippen molar-refractivity contribution in [2.45, 2.75) is 25.6 Å². The molecule has 2 aromatic heterocycles. The Morgan fingerprint density at radius 2 is 1.90 bits per heavy atom. The van der Waals surface area contributed by atoms with Crippen LogP contribution in [0.1, 0.15) is 46.0 Å². The van der Waals surface area contributed by atoms with Crippen LogP contribution in [0.3, 0.4) is 0 Å². The molecule has 0 bridgehead atoms. The molecule has 1 aliphatic heterocycles. The number of nitrogens with zero attached hydrogens (tertiary/aromatic N) is 2. The van der Waals surface area contributed by atoms with Crippen LogP contribution in [0.5, 0.6) is 0 Å². The smallest absolute Gasteiger partial charge is 0.384 e. The van der Waals surface area contributed by atoms with Gasteiger partial charge in [-0.3, -0.25) is 15.0 Å². The molecular weight excluding hydrogens is 555 g/mol. The van der Waals surface area contributed by atoms with E-state index in [4.69, 9.17) is 11.1 Å². The van der Waals surface area contributed by atoms with Crippen LogP contribution in [0.15, 0.2) is 54.9 Å². The number of hydrogen-bond acceptors (Lipinski definition) is 8. The molecule has 2 amide bonds. The summed E-state index contributed by atoms with van der Waals surface area (Å²) in [5.41, 5.74) is 7.75. The number of nitrogen functional groups attached to an aromatic ring is 1. The zero-order chi connectivity index (χ0) is 29.6. The van der Waals surface area contributed by atoms with Crippen LogP contribution in [-0.4, -0.2) is 51.6 Å². The van der Waals surface area contributed by atoms with Gasteiger partial charge in [0.25, 0.3) is 5.91 Å². The van der Waals surface area contributed by atoms with Crippen molar-refractivity contribution in [2.24, 2.45) is 0 Å². The molecule has 1 atom stereocenters. The summed E-state index contributed by atoms with van der Waals surface area (Å²) in [5, 5.41) is 17.6. The average molecular weight is 584 g/mol. The highest BCUT2D eigenvalue weighted by Gasteiger charge is 2.31. The predicted molar refractivity (Wildman–Crippen MR) is 155 cm³/mol. The second-order valence-corrected chi connectivity index (χ2v) is 10.3. The number of nitrogens with two attached hydrogens (primary N) is 1. The summed E-state index contributed by atoms with van der Waals surface area (Å²) in [6, 6.07) is 7.55. The molecule has 1 aromatic carbocycles. The maximum absolute atomic E-state index is 13.0. The van der Waals surface area contributed by atoms with Gasteiger partial charge in [-0.15, -0.1) is 11.8 Å². The molecule has 1 unspecified atom stereocenters. The molecule has 0 spiro atoms. The maximum atomic E-state index is 13.0. The van der Waals surface area contributed by atoms with Crippen LogP contribution in [0.2, 0.25) is 0 Å². The number of aromatic nitrogens is 2. The van der Waals surface area contributed by atoms with Crippen LogP contribution >= 0.6 is 11.8 Å². The van der Waals surface area contributed by atoms with Gasteiger partial charge in [0, 0.05) is 47.4 Å². The number of pyridine rings is 2. The van der Waals surface area contributed by atoms with E-state index < -0.39 is 17.6 Å². The Morgan fingerprint density at radius 3 is 2.63 bits per heavy atom. The molecule has 0 saturated heterocycles. The Kier molecular flexibility index (Phi) is 9.28. The topological polar surface area (TPSA) is 146 Å². The number of alkyl halides is 3. The summed E-state index contributed by atoms with van der Waals surface area (Å²) in [7, 11) is 0. The van der Waals surface area contributed by atoms with E-state index in [-0.39, 0.29) is 34.9 Å². The second kappa shape index (κ2) is 12.9. The lowest BCUT2D eigenvalue weighted by Gasteiger charge is -2.19. The number of benzene rings is 1. The van der Waals surface area contributed by atoms with Gasteiger partial charge >= 0.3 is 6.18 Å². The van der Waals surface area contributed by atoms with Gasteiger partial charge < -0.3 is 21.7 Å². The highest BCUT2D eigenvalue weighted by molar-refractivity contribution is 8.00. The molecule has 1 aliphatic rings. The molecule has 214 valence electrons. The van der Waals surface area contributed by atoms with Gasteiger partial charge in [-0.05, 0) is 37.6 Å². The fourth-order valence-corrected chi connectivity index (χ4v) is 4.72. The van der Waals surface area contributed by atoms with Gasteiger partial charge in [0.05, 0.1) is 28.3 Å². The number of rotatable bonds is 4. The van der Waals surface area contributed by atoms with E-state index in [1.165, 1.54) is 23.9 Å². The zero-order valence-electron chi connectivity index (χ0n) is 22.0. The summed E-state index contributed by atoms with van der Waals surface area (Å²) in [5.74, 6) is 0.204. The Morgan fingerprint density at radius 1 is 1.17 bits per heavy atom. The highest BCUT2D eigenvalue weighted by atomic mass is 32.2. The molecule has 0 radical (unpaired) electrons. The van der Waals surface area contributed by atoms with E-state index in [2.05, 4.69) is 25.9 Å². The average Bonchev–Trinajstić information content (AvgIpc) is 2.94. The summed E-state index contributed by atoms with van der Waals surface area (Å²) < 4.78 is 39.0. The SMILES string of the molecule is CC1CCNc2c(cnc(N)c2C(=N)c2ccc(C(=O)Nc3cc(C(F)(F)F)ccn3)cc2)/C=C/CSCC(=O)N1. The lowest BCUT2D eigenvalue weighted by atomic mass is 9.97. The van der Waals surface area contributed by atoms with E-state index in [1.54, 1.807) is 18.3 Å². The molecule has 3 aromatic rings. The van der Waals surface area contributed by atoms with Crippen molar-refractivity contribution in [1.29, 1.82) is 5.41 Å². The normalized spacial score (nSPS) is 17.0. The second-order valence-electron chi connectivity index (χ2n) is 9.28. The minimum absolute atomic E-state index is 0.0238. The predicted octanol–water partition coefficient (Wildman–Crippen LogP) is 4.81. The van der Waals surface area contributed by atoms with E-state index in [1.807, 2.05) is 19.1 Å². The van der Waals surface area contributed by atoms with Crippen molar-refractivity contribution in [1.82, 2.24) is 15.3 Å². The number of nitrogens with one attached hydrogen (secondary N) is 4. The molecule has 4 rings (SSSR count). The fraction of sp³-hybridized carbons (Fsp3) is 0.250. The van der Waals surface area contributed by atoms with Crippen LogP contribution in [0, 0.1) is 5.41 Å². The number of thioether (sulfide) groups is 1. The number of anilines is 3. The quantitative estimate of drug-likeness (QED) is 0.277. The molecule has 41 heavy (non-hydrogen) atoms. The standard InChI is InChI=1S/C28H28F3N7O2S/c1-16-8-10-35-25-19(3-2-12-41-15-22(39)37-16)14-36-26(33)23(25)24(32)17-4-6-18(7-5-17)27(40)38-21-13-20(9-11-34-21)28(29,30)31/h2-7,9,11,13-14,16,32,35H,8,10,12,15H2,1H3,(H2,33,36)(H,37,39)(H,34,38,40)/b3-2+,32-24?. The third-order valence-electron chi connectivity index (χ3n) is 6.18. The van der Waals surface area contributed by atoms with Crippen LogP contribution < -0.4 is 21.7 Å². The lowest BCUT2D eigenvalue weighted by Crippen LogP contribution is -2.35. The molecule has 9 nitrogen and oxygen atoms in total. The summed E-state index contributed by atoms with van der Waals surface area (Å²) in [6.07, 6.45) is 2.45. The molecule has 3 heterocycles. The van der Waals surface area contributed by atoms with Crippen molar-refractivity contribution in [3.8, 4) is 0 Å². The van der Waals surface area contributed by atoms with Crippen molar-refractivity contribution in [3.63, 3.8) is 0 Å². The Balaban J connectivity index is 1.57. The van der Waals surface area contributed by atoms with E-state index in [0.29, 0.717) is 41.3 Å². The highest BCUT2D eigenvalue weighted by Crippen LogP contribution is 2.31. The zero-order valence-corrected chi connectivity index (χ0v) is 22.8. The lowest BCUT2D eigenvalue weighted by molar-refractivity contribution is -0.137. The van der Waals surface area contributed by atoms with Crippen LogP contribution in [0.25, 0.3) is 6.08 Å². The van der Waals surface area contributed by atoms with Crippen molar-refractivity contribution < 1.29 is 22.8 Å². The Labute approximate surface area is 238 Å². The first-order valence-electron chi connectivity index (χ1n) is 12.6. The number of fused-ring (bicyclic) bond motifs is 1. The van der Waals surface area contributed by atoms with Crippen LogP contribution in [-0.2, 0) is 11.0 Å². The van der Waals surface area contributed by atoms with Gasteiger partial charge in [0.2, 0.25) is 5.91 Å². The molecule has 0 aliphatic carbocycles. The number of carbonyl (C=O) groups is 2. The Hall–Kier alpha value is -4.39. The van der Waals surface area contributed by atoms with E-state index in [0.717, 1.165) is 23.9 Å². The minimum Gasteiger partial charge on any atom is -0.384 e. The van der Waals surface area contributed by atoms with Crippen LogP contribution in [0.4, 0.5) is 30.5 Å². The third kappa shape index (κ3) is 7.63. The van der Waals surface area contributed by atoms with Gasteiger partial charge in [-0.25, -0.2) is 9.97 Å². The number of halogens is 3. The maximum Gasteiger partial charge on any atom is 0.416 e. The van der Waals surface area contributed by atoms with Crippen molar-refractivity contribution in [3.05, 3.63) is 82.7 Å². The fourth-order valence-electron chi connectivity index (χ4n) is 4.10. The van der Waals surface area contributed by atoms with Gasteiger partial charge in [-0.2, -0.15) is 13.2 Å². The largest absolute Gasteiger partial charge is 0.416 e. The first kappa shape index (κ1) is 29.6. The number of hydrogen-bond donors (Lipinski definition) is 5. The Bertz CT molecular complexity index is 1480. The molecule has 13 heteroatoms. The first-order valence-corrected chi connectivity index (χ1v) is 13.8. The first-order chi connectivity index (χ1) is 19.5. The molecule has 0 saturated carbocycles. The molecular formula is C28H28F3N7O2S. The van der Waals surface area contributed by atoms with E-state index in [9.17, 15) is 22.8 Å². The molecule has 0 fully saturated rings. The van der Waals surface area contributed by atoms with Gasteiger partial charge in [0.15, 0.2) is 0 Å².